The number of anilines is 1. The summed E-state index contributed by atoms with van der Waals surface area (Å²) in [6.45, 7) is 9.38. The first-order chi connectivity index (χ1) is 20.9. The van der Waals surface area contributed by atoms with Gasteiger partial charge in [0.05, 0.1) is 29.4 Å². The third-order valence-electron chi connectivity index (χ3n) is 7.40. The van der Waals surface area contributed by atoms with Crippen LogP contribution in [0.15, 0.2) is 77.7 Å². The number of ether oxygens (including phenoxy) is 2. The fourth-order valence-corrected chi connectivity index (χ4v) is 7.53. The van der Waals surface area contributed by atoms with Gasteiger partial charge in [-0.25, -0.2) is 13.4 Å². The van der Waals surface area contributed by atoms with Gasteiger partial charge in [0.25, 0.3) is 5.91 Å². The highest BCUT2D eigenvalue weighted by molar-refractivity contribution is 7.89. The third kappa shape index (κ3) is 7.42. The van der Waals surface area contributed by atoms with E-state index in [0.29, 0.717) is 36.1 Å². The Balaban J connectivity index is 1.39. The molecule has 1 aromatic heterocycles. The molecule has 0 radical (unpaired) electrons. The summed E-state index contributed by atoms with van der Waals surface area (Å²) < 4.78 is 40.6. The Morgan fingerprint density at radius 1 is 1.00 bits per heavy atom. The molecule has 1 fully saturated rings. The number of fused-ring (bicyclic) bond motifs is 1. The zero-order valence-electron chi connectivity index (χ0n) is 24.6. The van der Waals surface area contributed by atoms with Crippen LogP contribution in [0.25, 0.3) is 10.2 Å². The molecule has 228 valence electrons. The van der Waals surface area contributed by atoms with Gasteiger partial charge in [-0.15, -0.1) is 0 Å². The predicted molar refractivity (Wildman–Crippen MR) is 170 cm³/mol. The lowest BCUT2D eigenvalue weighted by atomic mass is 10.2. The molecule has 1 aliphatic heterocycles. The fraction of sp³-hybridized carbons (Fsp3) is 0.375. The van der Waals surface area contributed by atoms with E-state index in [-0.39, 0.29) is 17.3 Å². The van der Waals surface area contributed by atoms with Gasteiger partial charge in [0, 0.05) is 44.8 Å². The molecular formula is C32H38N4O5S2. The SMILES string of the molecule is CCOc1cccc2sc(N(CCCN3CCOCC3)C(=O)c3ccc(S(=O)(=O)N(CC)Cc4ccccc4)cc3)nc12. The van der Waals surface area contributed by atoms with Crippen molar-refractivity contribution in [2.45, 2.75) is 31.7 Å². The summed E-state index contributed by atoms with van der Waals surface area (Å²) in [5.74, 6) is 0.466. The van der Waals surface area contributed by atoms with Crippen LogP contribution in [-0.2, 0) is 21.3 Å². The van der Waals surface area contributed by atoms with Crippen molar-refractivity contribution in [2.75, 3.05) is 57.4 Å². The highest BCUT2D eigenvalue weighted by Gasteiger charge is 2.26. The molecule has 3 aromatic carbocycles. The smallest absolute Gasteiger partial charge is 0.260 e. The normalized spacial score (nSPS) is 14.3. The number of amides is 1. The molecule has 0 bridgehead atoms. The maximum atomic E-state index is 14.0. The quantitative estimate of drug-likeness (QED) is 0.201. The van der Waals surface area contributed by atoms with Crippen molar-refractivity contribution >= 4 is 42.6 Å². The number of morpholine rings is 1. The maximum Gasteiger partial charge on any atom is 0.260 e. The Hall–Kier alpha value is -3.35. The van der Waals surface area contributed by atoms with Crippen LogP contribution in [0.3, 0.4) is 0 Å². The average Bonchev–Trinajstić information content (AvgIpc) is 3.48. The number of benzene rings is 3. The summed E-state index contributed by atoms with van der Waals surface area (Å²) in [4.78, 5) is 23.0. The lowest BCUT2D eigenvalue weighted by Crippen LogP contribution is -2.39. The van der Waals surface area contributed by atoms with Crippen molar-refractivity contribution in [3.05, 3.63) is 83.9 Å². The molecule has 2 heterocycles. The molecule has 1 amide bonds. The van der Waals surface area contributed by atoms with Crippen molar-refractivity contribution in [3.63, 3.8) is 0 Å². The molecule has 11 heteroatoms. The largest absolute Gasteiger partial charge is 0.492 e. The van der Waals surface area contributed by atoms with Gasteiger partial charge in [0.1, 0.15) is 11.3 Å². The van der Waals surface area contributed by atoms with Crippen molar-refractivity contribution in [1.82, 2.24) is 14.2 Å². The molecule has 9 nitrogen and oxygen atoms in total. The number of rotatable bonds is 13. The molecule has 0 unspecified atom stereocenters. The molecule has 0 aliphatic carbocycles. The van der Waals surface area contributed by atoms with Crippen LogP contribution < -0.4 is 9.64 Å². The van der Waals surface area contributed by atoms with Crippen LogP contribution in [0.1, 0.15) is 36.2 Å². The Kier molecular flexibility index (Phi) is 10.4. The van der Waals surface area contributed by atoms with E-state index in [1.165, 1.54) is 27.8 Å². The molecule has 1 aliphatic rings. The number of carbonyl (C=O) groups excluding carboxylic acids is 1. The van der Waals surface area contributed by atoms with Gasteiger partial charge in [-0.3, -0.25) is 14.6 Å². The maximum absolute atomic E-state index is 14.0. The third-order valence-corrected chi connectivity index (χ3v) is 10.4. The topological polar surface area (TPSA) is 92.3 Å². The molecule has 43 heavy (non-hydrogen) atoms. The highest BCUT2D eigenvalue weighted by atomic mass is 32.2. The molecule has 0 N–H and O–H groups in total. The van der Waals surface area contributed by atoms with Crippen molar-refractivity contribution < 1.29 is 22.7 Å². The fourth-order valence-electron chi connectivity index (χ4n) is 5.09. The molecule has 4 aromatic rings. The van der Waals surface area contributed by atoms with Gasteiger partial charge < -0.3 is 9.47 Å². The minimum absolute atomic E-state index is 0.155. The van der Waals surface area contributed by atoms with Gasteiger partial charge in [-0.2, -0.15) is 4.31 Å². The number of carbonyl (C=O) groups is 1. The number of thiazole rings is 1. The first-order valence-corrected chi connectivity index (χ1v) is 16.9. The second kappa shape index (κ2) is 14.4. The number of hydrogen-bond acceptors (Lipinski definition) is 8. The van der Waals surface area contributed by atoms with Gasteiger partial charge >= 0.3 is 0 Å². The van der Waals surface area contributed by atoms with E-state index in [1.54, 1.807) is 17.0 Å². The molecule has 0 atom stereocenters. The average molecular weight is 623 g/mol. The van der Waals surface area contributed by atoms with Crippen LogP contribution in [0.4, 0.5) is 5.13 Å². The van der Waals surface area contributed by atoms with Crippen molar-refractivity contribution in [2.24, 2.45) is 0 Å². The van der Waals surface area contributed by atoms with Gasteiger partial charge in [-0.05, 0) is 55.3 Å². The van der Waals surface area contributed by atoms with Crippen molar-refractivity contribution in [1.29, 1.82) is 0 Å². The minimum Gasteiger partial charge on any atom is -0.492 e. The van der Waals surface area contributed by atoms with Crippen LogP contribution in [-0.4, -0.2) is 81.1 Å². The molecule has 5 rings (SSSR count). The first kappa shape index (κ1) is 31.1. The van der Waals surface area contributed by atoms with E-state index in [2.05, 4.69) is 4.90 Å². The number of aromatic nitrogens is 1. The Morgan fingerprint density at radius 3 is 2.44 bits per heavy atom. The summed E-state index contributed by atoms with van der Waals surface area (Å²) in [5, 5.41) is 0.589. The zero-order valence-corrected chi connectivity index (χ0v) is 26.3. The second-order valence-electron chi connectivity index (χ2n) is 10.2. The van der Waals surface area contributed by atoms with Crippen LogP contribution >= 0.6 is 11.3 Å². The standard InChI is InChI=1S/C32H38N4O5S2/c1-3-35(24-25-10-6-5-7-11-25)43(38,39)27-16-14-26(15-17-27)31(37)36(19-9-18-34-20-22-40-23-21-34)32-33-30-28(41-4-2)12-8-13-29(30)42-32/h5-8,10-17H,3-4,9,18-24H2,1-2H3. The van der Waals surface area contributed by atoms with Gasteiger partial charge in [0.15, 0.2) is 5.13 Å². The lowest BCUT2D eigenvalue weighted by molar-refractivity contribution is 0.0376. The van der Waals surface area contributed by atoms with E-state index in [9.17, 15) is 13.2 Å². The molecule has 1 saturated heterocycles. The number of sulfonamides is 1. The highest BCUT2D eigenvalue weighted by Crippen LogP contribution is 2.35. The molecule has 0 spiro atoms. The monoisotopic (exact) mass is 622 g/mol. The van der Waals surface area contributed by atoms with Gasteiger partial charge in [0.2, 0.25) is 10.0 Å². The minimum atomic E-state index is -3.75. The number of para-hydroxylation sites is 1. The van der Waals surface area contributed by atoms with Crippen LogP contribution in [0, 0.1) is 0 Å². The van der Waals surface area contributed by atoms with E-state index in [4.69, 9.17) is 14.5 Å². The van der Waals surface area contributed by atoms with Crippen molar-refractivity contribution in [3.8, 4) is 5.75 Å². The predicted octanol–water partition coefficient (Wildman–Crippen LogP) is 5.27. The summed E-state index contributed by atoms with van der Waals surface area (Å²) in [7, 11) is -3.75. The second-order valence-corrected chi connectivity index (χ2v) is 13.2. The lowest BCUT2D eigenvalue weighted by Gasteiger charge is -2.27. The summed E-state index contributed by atoms with van der Waals surface area (Å²) in [5.41, 5.74) is 2.05. The number of hydrogen-bond donors (Lipinski definition) is 0. The number of nitrogens with zero attached hydrogens (tertiary/aromatic N) is 4. The summed E-state index contributed by atoms with van der Waals surface area (Å²) in [6.07, 6.45) is 0.761. The van der Waals surface area contributed by atoms with Crippen LogP contribution in [0.2, 0.25) is 0 Å². The zero-order chi connectivity index (χ0) is 30.2. The van der Waals surface area contributed by atoms with E-state index in [0.717, 1.165) is 55.0 Å². The van der Waals surface area contributed by atoms with Crippen LogP contribution in [0.5, 0.6) is 5.75 Å². The summed E-state index contributed by atoms with van der Waals surface area (Å²) in [6, 6.07) is 21.5. The van der Waals surface area contributed by atoms with E-state index >= 15 is 0 Å². The Morgan fingerprint density at radius 2 is 1.74 bits per heavy atom. The Labute approximate surface area is 257 Å². The Bertz CT molecular complexity index is 1600. The summed E-state index contributed by atoms with van der Waals surface area (Å²) >= 11 is 1.45. The van der Waals surface area contributed by atoms with E-state index in [1.807, 2.05) is 62.4 Å². The molecular weight excluding hydrogens is 585 g/mol. The first-order valence-electron chi connectivity index (χ1n) is 14.7. The molecule has 0 saturated carbocycles. The van der Waals surface area contributed by atoms with Gasteiger partial charge in [-0.1, -0.05) is 54.7 Å². The van der Waals surface area contributed by atoms with E-state index < -0.39 is 10.0 Å².